The number of rotatable bonds is 5. The molecule has 146 valence electrons. The van der Waals surface area contributed by atoms with Crippen molar-refractivity contribution in [1.82, 2.24) is 9.29 Å². The maximum absolute atomic E-state index is 12.8. The molecular formula is C17H21N3O5S2. The normalized spacial score (nSPS) is 15.8. The lowest BCUT2D eigenvalue weighted by Crippen LogP contribution is -2.44. The molecule has 0 spiro atoms. The maximum atomic E-state index is 12.8. The Bertz CT molecular complexity index is 1010. The topological polar surface area (TPSA) is 99.0 Å². The van der Waals surface area contributed by atoms with Crippen molar-refractivity contribution in [3.8, 4) is 11.5 Å². The summed E-state index contributed by atoms with van der Waals surface area (Å²) in [4.78, 5) is 17.2. The van der Waals surface area contributed by atoms with Gasteiger partial charge in [0.15, 0.2) is 16.3 Å². The Labute approximate surface area is 161 Å². The largest absolute Gasteiger partial charge is 0.486 e. The molecule has 0 saturated heterocycles. The van der Waals surface area contributed by atoms with Crippen LogP contribution >= 0.6 is 11.3 Å². The minimum absolute atomic E-state index is 0.00637. The van der Waals surface area contributed by atoms with Crippen LogP contribution in [-0.4, -0.2) is 38.1 Å². The van der Waals surface area contributed by atoms with E-state index in [1.54, 1.807) is 43.1 Å². The molecule has 1 amide bonds. The number of carbonyl (C=O) groups excluding carboxylic acids is 1. The molecule has 1 aliphatic heterocycles. The number of nitrogens with one attached hydrogen (secondary N) is 1. The predicted octanol–water partition coefficient (Wildman–Crippen LogP) is 1.29. The molecule has 2 aromatic rings. The second kappa shape index (κ2) is 7.83. The fourth-order valence-corrected chi connectivity index (χ4v) is 4.58. The second-order valence-corrected chi connectivity index (χ2v) is 8.98. The molecule has 0 saturated carbocycles. The van der Waals surface area contributed by atoms with Crippen LogP contribution in [0.15, 0.2) is 39.7 Å². The average molecular weight is 412 g/mol. The predicted molar refractivity (Wildman–Crippen MR) is 100 cm³/mol. The van der Waals surface area contributed by atoms with Crippen LogP contribution in [0, 0.1) is 5.92 Å². The standard InChI is InChI=1S/C17H21N3O5S2/c1-11(2)15(16(21)18-17-20(3)6-9-26-17)19-27(22,23)12-4-5-13-14(10-12)25-8-7-24-13/h4-6,9-11,15,19H,7-8H2,1-3H3. The van der Waals surface area contributed by atoms with Crippen LogP contribution in [-0.2, 0) is 21.9 Å². The maximum Gasteiger partial charge on any atom is 0.266 e. The van der Waals surface area contributed by atoms with Crippen LogP contribution in [0.5, 0.6) is 11.5 Å². The molecule has 1 N–H and O–H groups in total. The molecule has 10 heteroatoms. The molecule has 3 rings (SSSR count). The molecule has 0 bridgehead atoms. The Morgan fingerprint density at radius 2 is 1.96 bits per heavy atom. The van der Waals surface area contributed by atoms with Gasteiger partial charge in [-0.05, 0) is 18.1 Å². The minimum Gasteiger partial charge on any atom is -0.486 e. The van der Waals surface area contributed by atoms with E-state index in [-0.39, 0.29) is 10.8 Å². The number of sulfonamides is 1. The van der Waals surface area contributed by atoms with Gasteiger partial charge in [-0.1, -0.05) is 13.8 Å². The molecule has 1 aliphatic rings. The second-order valence-electron chi connectivity index (χ2n) is 6.39. The van der Waals surface area contributed by atoms with Crippen molar-refractivity contribution in [2.75, 3.05) is 13.2 Å². The number of hydrogen-bond donors (Lipinski definition) is 1. The van der Waals surface area contributed by atoms with E-state index in [2.05, 4.69) is 9.71 Å². The fraction of sp³-hybridized carbons (Fsp3) is 0.412. The van der Waals surface area contributed by atoms with E-state index in [1.807, 2.05) is 0 Å². The summed E-state index contributed by atoms with van der Waals surface area (Å²) in [6, 6.07) is 3.39. The van der Waals surface area contributed by atoms with Crippen molar-refractivity contribution in [3.63, 3.8) is 0 Å². The average Bonchev–Trinajstić information content (AvgIpc) is 3.03. The van der Waals surface area contributed by atoms with E-state index in [0.29, 0.717) is 29.5 Å². The van der Waals surface area contributed by atoms with Gasteiger partial charge in [-0.3, -0.25) is 4.79 Å². The number of aryl methyl sites for hydroxylation is 1. The molecule has 8 nitrogen and oxygen atoms in total. The third kappa shape index (κ3) is 4.40. The SMILES string of the molecule is CC(C)C(NS(=O)(=O)c1ccc2c(c1)OCCO2)C(=O)N=c1sccn1C. The lowest BCUT2D eigenvalue weighted by Gasteiger charge is -2.21. The van der Waals surface area contributed by atoms with Gasteiger partial charge in [0.2, 0.25) is 10.0 Å². The number of fused-ring (bicyclic) bond motifs is 1. The monoisotopic (exact) mass is 411 g/mol. The van der Waals surface area contributed by atoms with Gasteiger partial charge >= 0.3 is 0 Å². The van der Waals surface area contributed by atoms with E-state index in [4.69, 9.17) is 9.47 Å². The van der Waals surface area contributed by atoms with Crippen LogP contribution in [0.1, 0.15) is 13.8 Å². The van der Waals surface area contributed by atoms with Gasteiger partial charge in [0.05, 0.1) is 4.90 Å². The summed E-state index contributed by atoms with van der Waals surface area (Å²) >= 11 is 1.30. The van der Waals surface area contributed by atoms with E-state index in [9.17, 15) is 13.2 Å². The van der Waals surface area contributed by atoms with E-state index >= 15 is 0 Å². The first kappa shape index (κ1) is 19.6. The molecule has 0 aliphatic carbocycles. The van der Waals surface area contributed by atoms with Crippen LogP contribution in [0.25, 0.3) is 0 Å². The smallest absolute Gasteiger partial charge is 0.266 e. The molecule has 0 fully saturated rings. The molecular weight excluding hydrogens is 390 g/mol. The first-order valence-electron chi connectivity index (χ1n) is 8.38. The highest BCUT2D eigenvalue weighted by molar-refractivity contribution is 7.89. The molecule has 0 radical (unpaired) electrons. The Morgan fingerprint density at radius 1 is 1.26 bits per heavy atom. The van der Waals surface area contributed by atoms with Gasteiger partial charge in [-0.15, -0.1) is 11.3 Å². The quantitative estimate of drug-likeness (QED) is 0.799. The van der Waals surface area contributed by atoms with Crippen LogP contribution < -0.4 is 19.0 Å². The van der Waals surface area contributed by atoms with E-state index < -0.39 is 22.0 Å². The van der Waals surface area contributed by atoms with E-state index in [0.717, 1.165) is 0 Å². The zero-order valence-electron chi connectivity index (χ0n) is 15.2. The van der Waals surface area contributed by atoms with Crippen molar-refractivity contribution >= 4 is 27.3 Å². The number of benzene rings is 1. The van der Waals surface area contributed by atoms with Crippen LogP contribution in [0.3, 0.4) is 0 Å². The number of aromatic nitrogens is 1. The highest BCUT2D eigenvalue weighted by atomic mass is 32.2. The van der Waals surface area contributed by atoms with Crippen molar-refractivity contribution in [2.24, 2.45) is 18.0 Å². The van der Waals surface area contributed by atoms with Gasteiger partial charge < -0.3 is 14.0 Å². The summed E-state index contributed by atoms with van der Waals surface area (Å²) in [5.41, 5.74) is 0. The fourth-order valence-electron chi connectivity index (χ4n) is 2.50. The lowest BCUT2D eigenvalue weighted by atomic mass is 10.1. The number of carbonyl (C=O) groups is 1. The van der Waals surface area contributed by atoms with Gasteiger partial charge in [-0.2, -0.15) is 9.71 Å². The van der Waals surface area contributed by atoms with Crippen LogP contribution in [0.4, 0.5) is 0 Å². The summed E-state index contributed by atoms with van der Waals surface area (Å²) in [5.74, 6) is 0.0476. The lowest BCUT2D eigenvalue weighted by molar-refractivity contribution is -0.120. The number of thiazole rings is 1. The zero-order valence-corrected chi connectivity index (χ0v) is 16.8. The van der Waals surface area contributed by atoms with Crippen molar-refractivity contribution in [1.29, 1.82) is 0 Å². The first-order chi connectivity index (χ1) is 12.8. The third-order valence-electron chi connectivity index (χ3n) is 4.00. The molecule has 1 aromatic carbocycles. The summed E-state index contributed by atoms with van der Waals surface area (Å²) in [6.07, 6.45) is 1.78. The van der Waals surface area contributed by atoms with E-state index in [1.165, 1.54) is 23.5 Å². The Balaban J connectivity index is 1.87. The van der Waals surface area contributed by atoms with Gasteiger partial charge in [0, 0.05) is 24.7 Å². The minimum atomic E-state index is -3.94. The van der Waals surface area contributed by atoms with Crippen molar-refractivity contribution in [3.05, 3.63) is 34.6 Å². The molecule has 1 atom stereocenters. The summed E-state index contributed by atoms with van der Waals surface area (Å²) < 4.78 is 40.6. The number of hydrogen-bond acceptors (Lipinski definition) is 6. The summed E-state index contributed by atoms with van der Waals surface area (Å²) in [5, 5.41) is 1.80. The van der Waals surface area contributed by atoms with Crippen molar-refractivity contribution in [2.45, 2.75) is 24.8 Å². The van der Waals surface area contributed by atoms with Gasteiger partial charge in [0.25, 0.3) is 5.91 Å². The first-order valence-corrected chi connectivity index (χ1v) is 10.7. The third-order valence-corrected chi connectivity index (χ3v) is 6.29. The highest BCUT2D eigenvalue weighted by Crippen LogP contribution is 2.32. The number of ether oxygens (including phenoxy) is 2. The van der Waals surface area contributed by atoms with Crippen LogP contribution in [0.2, 0.25) is 0 Å². The van der Waals surface area contributed by atoms with Crippen molar-refractivity contribution < 1.29 is 22.7 Å². The molecule has 1 unspecified atom stereocenters. The highest BCUT2D eigenvalue weighted by Gasteiger charge is 2.29. The Morgan fingerprint density at radius 3 is 2.59 bits per heavy atom. The summed E-state index contributed by atoms with van der Waals surface area (Å²) in [6.45, 7) is 4.30. The number of amides is 1. The molecule has 2 heterocycles. The summed E-state index contributed by atoms with van der Waals surface area (Å²) in [7, 11) is -2.17. The molecule has 1 aromatic heterocycles. The Kier molecular flexibility index (Phi) is 5.68. The number of nitrogens with zero attached hydrogens (tertiary/aromatic N) is 2. The molecule has 27 heavy (non-hydrogen) atoms. The Hall–Kier alpha value is -2.17. The zero-order chi connectivity index (χ0) is 19.6. The van der Waals surface area contributed by atoms with Gasteiger partial charge in [0.1, 0.15) is 19.3 Å². The van der Waals surface area contributed by atoms with Gasteiger partial charge in [-0.25, -0.2) is 8.42 Å².